The molecule has 2 saturated heterocycles. The number of rotatable bonds is 18. The lowest BCUT2D eigenvalue weighted by Gasteiger charge is -2.67. The van der Waals surface area contributed by atoms with Crippen LogP contribution in [-0.4, -0.2) is 151 Å². The quantitative estimate of drug-likeness (QED) is 0.0360. The Hall–Kier alpha value is -7.87. The van der Waals surface area contributed by atoms with Gasteiger partial charge in [0, 0.05) is 68.9 Å². The number of esters is 4. The average molecular weight is 1190 g/mol. The fourth-order valence-electron chi connectivity index (χ4n) is 13.3. The molecule has 9 rings (SSSR count). The zero-order valence-corrected chi connectivity index (χ0v) is 48.7. The molecule has 4 aromatic rings. The summed E-state index contributed by atoms with van der Waals surface area (Å²) in [6, 6.07) is 22.4. The first-order chi connectivity index (χ1) is 40.8. The summed E-state index contributed by atoms with van der Waals surface area (Å²) in [5.41, 5.74) is -9.15. The van der Waals surface area contributed by atoms with Gasteiger partial charge in [0.1, 0.15) is 42.3 Å². The zero-order chi connectivity index (χ0) is 62.2. The third-order valence-electron chi connectivity index (χ3n) is 17.8. The van der Waals surface area contributed by atoms with Crippen LogP contribution in [0.3, 0.4) is 0 Å². The van der Waals surface area contributed by atoms with Crippen LogP contribution in [0, 0.1) is 23.7 Å². The summed E-state index contributed by atoms with van der Waals surface area (Å²) >= 11 is 0. The molecule has 3 aromatic carbocycles. The molecule has 2 amide bonds. The summed E-state index contributed by atoms with van der Waals surface area (Å²) in [7, 11) is 0. The summed E-state index contributed by atoms with van der Waals surface area (Å²) in [6.07, 6.45) is -13.8. The summed E-state index contributed by atoms with van der Waals surface area (Å²) < 4.78 is 45.3. The molecule has 2 bridgehead atoms. The van der Waals surface area contributed by atoms with E-state index in [4.69, 9.17) is 33.2 Å². The number of unbranched alkanes of at least 4 members (excludes halogenated alkanes) is 1. The maximum atomic E-state index is 16.4. The van der Waals surface area contributed by atoms with Crippen LogP contribution in [-0.2, 0) is 58.9 Å². The van der Waals surface area contributed by atoms with E-state index in [-0.39, 0.29) is 66.6 Å². The van der Waals surface area contributed by atoms with Crippen LogP contribution in [0.2, 0.25) is 0 Å². The largest absolute Gasteiger partial charge is 0.456 e. The maximum Gasteiger partial charge on any atom is 0.407 e. The number of carbonyl (C=O) groups excluding carboxylic acids is 7. The van der Waals surface area contributed by atoms with Gasteiger partial charge in [-0.25, -0.2) is 19.2 Å². The van der Waals surface area contributed by atoms with Crippen molar-refractivity contribution in [3.05, 3.63) is 151 Å². The van der Waals surface area contributed by atoms with Crippen molar-refractivity contribution in [2.75, 3.05) is 19.8 Å². The highest BCUT2D eigenvalue weighted by Gasteiger charge is 2.79. The molecule has 24 nitrogen and oxygen atoms in total. The van der Waals surface area contributed by atoms with Crippen molar-refractivity contribution in [2.24, 2.45) is 16.7 Å². The molecule has 1 aromatic heterocycles. The minimum absolute atomic E-state index is 0.00107. The van der Waals surface area contributed by atoms with Gasteiger partial charge >= 0.3 is 35.7 Å². The van der Waals surface area contributed by atoms with E-state index in [1.165, 1.54) is 57.5 Å². The molecule has 24 heteroatoms. The van der Waals surface area contributed by atoms with E-state index in [2.05, 4.69) is 10.6 Å². The number of ketones is 1. The Bertz CT molecular complexity index is 3410. The van der Waals surface area contributed by atoms with Crippen LogP contribution in [0.1, 0.15) is 118 Å². The van der Waals surface area contributed by atoms with Gasteiger partial charge < -0.3 is 64.2 Å². The number of benzene rings is 3. The lowest BCUT2D eigenvalue weighted by Crippen LogP contribution is -2.82. The number of carbonyl (C=O) groups is 7. The Labute approximate surface area is 494 Å². The van der Waals surface area contributed by atoms with E-state index >= 15 is 4.79 Å². The predicted octanol–water partition coefficient (Wildman–Crippen LogP) is 3.22. The Kier molecular flexibility index (Phi) is 18.1. The number of fused-ring (bicyclic) bond motifs is 5. The summed E-state index contributed by atoms with van der Waals surface area (Å²) in [5.74, 6) is -7.51. The van der Waals surface area contributed by atoms with E-state index in [1.807, 2.05) is 0 Å². The molecule has 1 unspecified atom stereocenters. The number of Topliss-reactive ketones (excluding diaryl/α,β-unsaturated/α-hetero) is 1. The molecule has 4 fully saturated rings. The van der Waals surface area contributed by atoms with Crippen molar-refractivity contribution in [3.63, 3.8) is 0 Å². The van der Waals surface area contributed by atoms with Gasteiger partial charge in [-0.2, -0.15) is 0 Å². The fraction of sp³-hybridized carbons (Fsp3) is 0.500. The Morgan fingerprint density at radius 1 is 0.814 bits per heavy atom. The average Bonchev–Trinajstić information content (AvgIpc) is 0.696. The number of hydrogen-bond donors (Lipinski definition) is 6. The molecule has 460 valence electrons. The van der Waals surface area contributed by atoms with Crippen molar-refractivity contribution in [2.45, 2.75) is 159 Å². The van der Waals surface area contributed by atoms with Crippen LogP contribution in [0.15, 0.2) is 118 Å². The van der Waals surface area contributed by atoms with E-state index in [0.717, 1.165) is 18.4 Å². The van der Waals surface area contributed by atoms with Gasteiger partial charge in [0.25, 0.3) is 11.5 Å². The number of aromatic nitrogens is 2. The van der Waals surface area contributed by atoms with Crippen molar-refractivity contribution in [1.82, 2.24) is 19.8 Å². The third kappa shape index (κ3) is 11.5. The molecular weight excluding hydrogens is 1120 g/mol. The number of ether oxygens (including phenoxy) is 7. The standard InChI is InChI=1S/C62H72N4O20/c1-33-30-66(45-27-40(70)42(31-67)82-45)58(78)65(54(33)74)26-18-17-25-63-57(77)84-43-28-44-61(32-80-44,86-36(4)69)50-52(85-55(75)39-23-15-10-16-24-39)62(79)29-41(34(2)46(59(62,5)6)49(81-35(3)68)51(72)60(43,50)7)83-56(76)48(71)47(37-19-11-8-12-20-37)64-53(73)38-21-13-9-14-22-38/h8-16,19-24,30,40-45,47-50,52,67,70-71,79H,17-18,25-29,31-32H2,1-7H3,(H,63,77)(H,64,73)/t40-,41+,42+,43+,44-,45+,47+,48-,49-,50+,52+,60?,61+,62-/m1/s1. The number of aryl methyl sites for hydroxylation is 1. The molecular formula is C62H72N4O20. The number of nitrogens with zero attached hydrogens (tertiary/aromatic N) is 2. The van der Waals surface area contributed by atoms with Gasteiger partial charge in [0.05, 0.1) is 42.3 Å². The zero-order valence-electron chi connectivity index (χ0n) is 48.7. The van der Waals surface area contributed by atoms with Crippen LogP contribution in [0.4, 0.5) is 4.79 Å². The summed E-state index contributed by atoms with van der Waals surface area (Å²) in [5, 5.41) is 51.5. The molecule has 5 aliphatic rings. The number of nitrogens with one attached hydrogen (secondary N) is 2. The molecule has 2 saturated carbocycles. The Morgan fingerprint density at radius 3 is 2.05 bits per heavy atom. The molecule has 0 spiro atoms. The Morgan fingerprint density at radius 2 is 1.45 bits per heavy atom. The molecule has 86 heavy (non-hydrogen) atoms. The van der Waals surface area contributed by atoms with Crippen LogP contribution < -0.4 is 21.9 Å². The first kappa shape index (κ1) is 62.7. The number of alkyl carbamates (subject to hydrolysis) is 1. The smallest absolute Gasteiger partial charge is 0.407 e. The van der Waals surface area contributed by atoms with Gasteiger partial charge in [-0.05, 0) is 74.6 Å². The van der Waals surface area contributed by atoms with Gasteiger partial charge in [-0.1, -0.05) is 80.6 Å². The van der Waals surface area contributed by atoms with E-state index in [9.17, 15) is 58.8 Å². The number of hydrogen-bond acceptors (Lipinski definition) is 20. The van der Waals surface area contributed by atoms with Gasteiger partial charge in [-0.15, -0.1) is 0 Å². The van der Waals surface area contributed by atoms with E-state index in [1.54, 1.807) is 78.9 Å². The second kappa shape index (κ2) is 24.8. The SMILES string of the molecule is CC(=O)O[C@H]1C(=O)C2(C)[C@@H](OC(=O)NCCCCn3c(=O)c(C)cn([C@@H]4C[C@@H](O)[C@H](CO)O4)c3=O)C[C@H]3OC[C@@]3(OC(C)=O)[C@H]2[C@H](OC(=O)c2ccccc2)[C@]2(O)C[C@H](OC(=O)[C@H](O)[C@@H](NC(=O)c3ccccc3)c3ccccc3)C(C)=C1C2(C)C. The highest BCUT2D eigenvalue weighted by molar-refractivity contribution is 5.96. The van der Waals surface area contributed by atoms with Gasteiger partial charge in [-0.3, -0.25) is 33.1 Å². The molecule has 14 atom stereocenters. The molecule has 0 radical (unpaired) electrons. The van der Waals surface area contributed by atoms with Crippen molar-refractivity contribution in [1.29, 1.82) is 0 Å². The normalized spacial score (nSPS) is 29.7. The highest BCUT2D eigenvalue weighted by atomic mass is 16.6. The molecule has 2 aliphatic heterocycles. The third-order valence-corrected chi connectivity index (χ3v) is 17.8. The van der Waals surface area contributed by atoms with Gasteiger partial charge in [0.2, 0.25) is 0 Å². The van der Waals surface area contributed by atoms with E-state index in [0.29, 0.717) is 5.56 Å². The number of aliphatic hydroxyl groups is 4. The van der Waals surface area contributed by atoms with Crippen LogP contribution in [0.25, 0.3) is 0 Å². The highest BCUT2D eigenvalue weighted by Crippen LogP contribution is 2.65. The Balaban J connectivity index is 1.08. The lowest BCUT2D eigenvalue weighted by atomic mass is 9.44. The minimum atomic E-state index is -2.55. The summed E-state index contributed by atoms with van der Waals surface area (Å²) in [4.78, 5) is 128. The number of amides is 2. The molecule has 6 N–H and O–H groups in total. The van der Waals surface area contributed by atoms with Crippen LogP contribution in [0.5, 0.6) is 0 Å². The van der Waals surface area contributed by atoms with Crippen LogP contribution >= 0.6 is 0 Å². The predicted molar refractivity (Wildman–Crippen MR) is 301 cm³/mol. The van der Waals surface area contributed by atoms with E-state index < -0.39 is 162 Å². The maximum absolute atomic E-state index is 16.4. The fourth-order valence-corrected chi connectivity index (χ4v) is 13.3. The van der Waals surface area contributed by atoms with Crippen molar-refractivity contribution < 1.29 is 87.1 Å². The number of aliphatic hydroxyl groups excluding tert-OH is 3. The molecule has 3 aliphatic carbocycles. The van der Waals surface area contributed by atoms with Crippen molar-refractivity contribution >= 4 is 41.7 Å². The minimum Gasteiger partial charge on any atom is -0.456 e. The monoisotopic (exact) mass is 1190 g/mol. The van der Waals surface area contributed by atoms with Crippen molar-refractivity contribution in [3.8, 4) is 0 Å². The molecule has 3 heterocycles. The second-order valence-electron chi connectivity index (χ2n) is 23.4. The first-order valence-electron chi connectivity index (χ1n) is 28.5. The topological polar surface area (TPSA) is 333 Å². The van der Waals surface area contributed by atoms with Gasteiger partial charge in [0.15, 0.2) is 23.6 Å². The lowest BCUT2D eigenvalue weighted by molar-refractivity contribution is -0.345. The first-order valence-corrected chi connectivity index (χ1v) is 28.5. The second-order valence-corrected chi connectivity index (χ2v) is 23.4. The summed E-state index contributed by atoms with van der Waals surface area (Å²) in [6.45, 7) is 8.44.